The molecule has 8 nitrogen and oxygen atoms in total. The van der Waals surface area contributed by atoms with Crippen LogP contribution in [0.2, 0.25) is 0 Å². The van der Waals surface area contributed by atoms with Gasteiger partial charge in [-0.2, -0.15) is 0 Å². The molecule has 1 aliphatic heterocycles. The van der Waals surface area contributed by atoms with Crippen LogP contribution >= 0.6 is 0 Å². The molecule has 1 aliphatic rings. The molecule has 0 spiro atoms. The number of amides is 3. The Hall–Kier alpha value is -2.77. The highest BCUT2D eigenvalue weighted by Crippen LogP contribution is 2.20. The van der Waals surface area contributed by atoms with Crippen LogP contribution in [0.5, 0.6) is 0 Å². The van der Waals surface area contributed by atoms with E-state index in [1.165, 1.54) is 0 Å². The summed E-state index contributed by atoms with van der Waals surface area (Å²) in [5, 5.41) is 2.78. The first-order valence-electron chi connectivity index (χ1n) is 12.0. The molecule has 1 fully saturated rings. The number of nitrogens with zero attached hydrogens (tertiary/aromatic N) is 2. The number of benzene rings is 1. The van der Waals surface area contributed by atoms with Gasteiger partial charge in [0.15, 0.2) is 0 Å². The highest BCUT2D eigenvalue weighted by molar-refractivity contribution is 5.86. The van der Waals surface area contributed by atoms with E-state index >= 15 is 0 Å². The van der Waals surface area contributed by atoms with Crippen LogP contribution < -0.4 is 5.32 Å². The summed E-state index contributed by atoms with van der Waals surface area (Å²) in [5.41, 5.74) is -0.264. The van der Waals surface area contributed by atoms with Crippen LogP contribution in [0.15, 0.2) is 30.3 Å². The number of piperidine rings is 1. The minimum Gasteiger partial charge on any atom is -0.444 e. The molecule has 0 radical (unpaired) electrons. The van der Waals surface area contributed by atoms with Crippen molar-refractivity contribution in [3.8, 4) is 0 Å². The van der Waals surface area contributed by atoms with Crippen molar-refractivity contribution in [2.45, 2.75) is 78.0 Å². The molecule has 190 valence electrons. The fourth-order valence-electron chi connectivity index (χ4n) is 3.94. The molecule has 1 aromatic carbocycles. The topological polar surface area (TPSA) is 88.2 Å². The molecule has 0 bridgehead atoms. The number of nitrogens with one attached hydrogen (secondary N) is 1. The Morgan fingerprint density at radius 3 is 2.26 bits per heavy atom. The van der Waals surface area contributed by atoms with Crippen molar-refractivity contribution >= 4 is 18.1 Å². The molecule has 0 saturated carbocycles. The molecule has 8 heteroatoms. The quantitative estimate of drug-likeness (QED) is 0.665. The average molecular weight is 476 g/mol. The van der Waals surface area contributed by atoms with E-state index in [1.54, 1.807) is 37.6 Å². The van der Waals surface area contributed by atoms with Crippen molar-refractivity contribution < 1.29 is 23.9 Å². The highest BCUT2D eigenvalue weighted by Gasteiger charge is 2.32. The first-order chi connectivity index (χ1) is 15.7. The Labute approximate surface area is 204 Å². The number of likely N-dealkylation sites (tertiary alicyclic amines) is 1. The van der Waals surface area contributed by atoms with Gasteiger partial charge in [0.05, 0.1) is 0 Å². The van der Waals surface area contributed by atoms with Crippen molar-refractivity contribution in [1.82, 2.24) is 15.1 Å². The SMILES string of the molecule is CN(CC1CCCN(C(=O)C(Cc2ccccc2)NC(=O)OC(C)(C)C)C1)C(=O)OC(C)(C)C. The maximum Gasteiger partial charge on any atom is 0.410 e. The minimum absolute atomic E-state index is 0.133. The molecule has 0 aromatic heterocycles. The van der Waals surface area contributed by atoms with Crippen LogP contribution in [-0.2, 0) is 20.7 Å². The smallest absolute Gasteiger partial charge is 0.410 e. The molecule has 2 rings (SSSR count). The van der Waals surface area contributed by atoms with E-state index in [1.807, 2.05) is 51.1 Å². The molecule has 1 N–H and O–H groups in total. The summed E-state index contributed by atoms with van der Waals surface area (Å²) in [7, 11) is 1.72. The third-order valence-corrected chi connectivity index (χ3v) is 5.34. The van der Waals surface area contributed by atoms with Gasteiger partial charge in [-0.3, -0.25) is 4.79 Å². The van der Waals surface area contributed by atoms with Gasteiger partial charge >= 0.3 is 12.2 Å². The Morgan fingerprint density at radius 1 is 1.06 bits per heavy atom. The monoisotopic (exact) mass is 475 g/mol. The predicted molar refractivity (Wildman–Crippen MR) is 131 cm³/mol. The lowest BCUT2D eigenvalue weighted by Crippen LogP contribution is -2.53. The molecule has 34 heavy (non-hydrogen) atoms. The summed E-state index contributed by atoms with van der Waals surface area (Å²) < 4.78 is 10.9. The van der Waals surface area contributed by atoms with Gasteiger partial charge in [0, 0.05) is 33.1 Å². The van der Waals surface area contributed by atoms with Crippen molar-refractivity contribution in [2.75, 3.05) is 26.7 Å². The van der Waals surface area contributed by atoms with Gasteiger partial charge < -0.3 is 24.6 Å². The number of ether oxygens (including phenoxy) is 2. The van der Waals surface area contributed by atoms with Crippen molar-refractivity contribution in [2.24, 2.45) is 5.92 Å². The van der Waals surface area contributed by atoms with Crippen molar-refractivity contribution in [3.05, 3.63) is 35.9 Å². The first kappa shape index (κ1) is 27.5. The summed E-state index contributed by atoms with van der Waals surface area (Å²) in [6.45, 7) is 12.5. The highest BCUT2D eigenvalue weighted by atomic mass is 16.6. The second kappa shape index (κ2) is 11.6. The van der Waals surface area contributed by atoms with Crippen LogP contribution in [0, 0.1) is 5.92 Å². The van der Waals surface area contributed by atoms with Gasteiger partial charge in [0.25, 0.3) is 0 Å². The Kier molecular flexibility index (Phi) is 9.36. The molecule has 1 saturated heterocycles. The number of carbonyl (C=O) groups is 3. The summed E-state index contributed by atoms with van der Waals surface area (Å²) in [6.07, 6.45) is 1.14. The van der Waals surface area contributed by atoms with Crippen LogP contribution in [0.1, 0.15) is 59.9 Å². The molecule has 2 atom stereocenters. The molecule has 1 heterocycles. The summed E-state index contributed by atoms with van der Waals surface area (Å²) >= 11 is 0. The lowest BCUT2D eigenvalue weighted by Gasteiger charge is -2.37. The van der Waals surface area contributed by atoms with Crippen molar-refractivity contribution in [3.63, 3.8) is 0 Å². The maximum absolute atomic E-state index is 13.5. The Morgan fingerprint density at radius 2 is 1.68 bits per heavy atom. The van der Waals surface area contributed by atoms with Crippen LogP contribution in [0.25, 0.3) is 0 Å². The predicted octanol–water partition coefficient (Wildman–Crippen LogP) is 4.23. The lowest BCUT2D eigenvalue weighted by atomic mass is 9.96. The Balaban J connectivity index is 2.07. The lowest BCUT2D eigenvalue weighted by molar-refractivity contribution is -0.135. The largest absolute Gasteiger partial charge is 0.444 e. The summed E-state index contributed by atoms with van der Waals surface area (Å²) in [4.78, 5) is 41.7. The summed E-state index contributed by atoms with van der Waals surface area (Å²) in [6, 6.07) is 8.87. The van der Waals surface area contributed by atoms with Crippen LogP contribution in [-0.4, -0.2) is 71.8 Å². The zero-order valence-corrected chi connectivity index (χ0v) is 21.7. The third kappa shape index (κ3) is 9.61. The normalized spacial score (nSPS) is 17.5. The molecule has 3 amide bonds. The van der Waals surface area contributed by atoms with Gasteiger partial charge in [-0.25, -0.2) is 9.59 Å². The van der Waals surface area contributed by atoms with Gasteiger partial charge in [-0.1, -0.05) is 30.3 Å². The van der Waals surface area contributed by atoms with E-state index in [4.69, 9.17) is 9.47 Å². The number of hydrogen-bond acceptors (Lipinski definition) is 5. The molecule has 0 aliphatic carbocycles. The van der Waals surface area contributed by atoms with Crippen LogP contribution in [0.4, 0.5) is 9.59 Å². The van der Waals surface area contributed by atoms with E-state index in [0.29, 0.717) is 26.1 Å². The van der Waals surface area contributed by atoms with Gasteiger partial charge in [-0.15, -0.1) is 0 Å². The average Bonchev–Trinajstić information content (AvgIpc) is 2.71. The number of rotatable bonds is 6. The van der Waals surface area contributed by atoms with E-state index in [-0.39, 0.29) is 17.9 Å². The van der Waals surface area contributed by atoms with Gasteiger partial charge in [0.1, 0.15) is 17.2 Å². The van der Waals surface area contributed by atoms with E-state index < -0.39 is 23.3 Å². The molecule has 2 unspecified atom stereocenters. The fourth-order valence-corrected chi connectivity index (χ4v) is 3.94. The molecule has 1 aromatic rings. The van der Waals surface area contributed by atoms with Gasteiger partial charge in [0.2, 0.25) is 5.91 Å². The first-order valence-corrected chi connectivity index (χ1v) is 12.0. The number of carbonyl (C=O) groups excluding carboxylic acids is 3. The number of hydrogen-bond donors (Lipinski definition) is 1. The third-order valence-electron chi connectivity index (χ3n) is 5.34. The zero-order chi connectivity index (χ0) is 25.5. The molecular formula is C26H41N3O5. The van der Waals surface area contributed by atoms with E-state index in [2.05, 4.69) is 5.32 Å². The minimum atomic E-state index is -0.736. The van der Waals surface area contributed by atoms with Gasteiger partial charge in [-0.05, 0) is 65.9 Å². The van der Waals surface area contributed by atoms with E-state index in [0.717, 1.165) is 18.4 Å². The van der Waals surface area contributed by atoms with E-state index in [9.17, 15) is 14.4 Å². The second-order valence-corrected chi connectivity index (χ2v) is 11.0. The zero-order valence-electron chi connectivity index (χ0n) is 21.7. The fraction of sp³-hybridized carbons (Fsp3) is 0.654. The number of alkyl carbamates (subject to hydrolysis) is 1. The Bertz CT molecular complexity index is 829. The maximum atomic E-state index is 13.5. The molecular weight excluding hydrogens is 434 g/mol. The van der Waals surface area contributed by atoms with Crippen molar-refractivity contribution in [1.29, 1.82) is 0 Å². The second-order valence-electron chi connectivity index (χ2n) is 11.0. The standard InChI is InChI=1S/C26H41N3O5/c1-25(2,3)33-23(31)27-21(16-19-12-9-8-10-13-19)22(30)29-15-11-14-20(18-29)17-28(7)24(32)34-26(4,5)6/h8-10,12-13,20-21H,11,14-18H2,1-7H3,(H,27,31). The van der Waals surface area contributed by atoms with Crippen LogP contribution in [0.3, 0.4) is 0 Å². The summed E-state index contributed by atoms with van der Waals surface area (Å²) in [5.74, 6) is -0.00606.